The number of nitrogens with zero attached hydrogens (tertiary/aromatic N) is 1. The van der Waals surface area contributed by atoms with Crippen LogP contribution in [0, 0.1) is 12.8 Å². The maximum absolute atomic E-state index is 12.8. The molecule has 2 amide bonds. The molecule has 0 aromatic heterocycles. The van der Waals surface area contributed by atoms with Crippen LogP contribution >= 0.6 is 0 Å². The van der Waals surface area contributed by atoms with Crippen molar-refractivity contribution in [1.29, 1.82) is 0 Å². The lowest BCUT2D eigenvalue weighted by molar-refractivity contribution is -0.122. The molecule has 3 aromatic carbocycles. The number of carbonyl (C=O) groups is 2. The molecule has 4 rings (SSSR count). The Labute approximate surface area is 163 Å². The maximum atomic E-state index is 12.8. The molecule has 28 heavy (non-hydrogen) atoms. The number of hydrogen-bond acceptors (Lipinski definition) is 3. The van der Waals surface area contributed by atoms with Crippen LogP contribution in [0.15, 0.2) is 60.7 Å². The molecule has 1 unspecified atom stereocenters. The lowest BCUT2D eigenvalue weighted by atomic mass is 10.1. The average Bonchev–Trinajstić information content (AvgIpc) is 3.09. The van der Waals surface area contributed by atoms with E-state index in [4.69, 9.17) is 4.74 Å². The minimum atomic E-state index is -0.399. The second-order valence-electron chi connectivity index (χ2n) is 7.13. The molecule has 1 heterocycles. The Morgan fingerprint density at radius 1 is 1.07 bits per heavy atom. The Bertz CT molecular complexity index is 1060. The zero-order chi connectivity index (χ0) is 19.7. The van der Waals surface area contributed by atoms with Crippen molar-refractivity contribution < 1.29 is 14.3 Å². The first kappa shape index (κ1) is 18.0. The van der Waals surface area contributed by atoms with E-state index in [1.807, 2.05) is 67.6 Å². The van der Waals surface area contributed by atoms with Crippen LogP contribution in [0.25, 0.3) is 10.8 Å². The summed E-state index contributed by atoms with van der Waals surface area (Å²) in [4.78, 5) is 27.0. The summed E-state index contributed by atoms with van der Waals surface area (Å²) in [6, 6.07) is 19.5. The molecule has 1 fully saturated rings. The summed E-state index contributed by atoms with van der Waals surface area (Å²) in [5.74, 6) is 0.0269. The van der Waals surface area contributed by atoms with Crippen molar-refractivity contribution >= 4 is 34.0 Å². The molecule has 0 saturated carbocycles. The number of nitrogens with one attached hydrogen (secondary N) is 1. The van der Waals surface area contributed by atoms with E-state index in [0.29, 0.717) is 18.0 Å². The average molecular weight is 374 g/mol. The van der Waals surface area contributed by atoms with Crippen LogP contribution in [0.2, 0.25) is 0 Å². The van der Waals surface area contributed by atoms with Crippen LogP contribution in [-0.4, -0.2) is 25.5 Å². The molecule has 1 aliphatic heterocycles. The molecule has 0 radical (unpaired) electrons. The van der Waals surface area contributed by atoms with E-state index < -0.39 is 5.92 Å². The molecule has 3 aromatic rings. The molecule has 1 saturated heterocycles. The molecular weight excluding hydrogens is 352 g/mol. The molecule has 0 aliphatic carbocycles. The normalized spacial score (nSPS) is 16.4. The van der Waals surface area contributed by atoms with E-state index in [1.54, 1.807) is 12.0 Å². The van der Waals surface area contributed by atoms with Gasteiger partial charge in [-0.15, -0.1) is 0 Å². The van der Waals surface area contributed by atoms with Crippen molar-refractivity contribution in [1.82, 2.24) is 0 Å². The molecule has 1 atom stereocenters. The predicted molar refractivity (Wildman–Crippen MR) is 111 cm³/mol. The number of amides is 2. The number of hydrogen-bond donors (Lipinski definition) is 1. The topological polar surface area (TPSA) is 58.6 Å². The number of ether oxygens (including phenoxy) is 1. The number of rotatable bonds is 4. The quantitative estimate of drug-likeness (QED) is 0.746. The third kappa shape index (κ3) is 3.43. The van der Waals surface area contributed by atoms with Crippen molar-refractivity contribution in [2.24, 2.45) is 5.92 Å². The van der Waals surface area contributed by atoms with Crippen molar-refractivity contribution in [3.63, 3.8) is 0 Å². The monoisotopic (exact) mass is 374 g/mol. The zero-order valence-electron chi connectivity index (χ0n) is 15.9. The molecule has 5 heteroatoms. The number of benzene rings is 3. The third-order valence-electron chi connectivity index (χ3n) is 5.14. The maximum Gasteiger partial charge on any atom is 0.229 e. The van der Waals surface area contributed by atoms with E-state index >= 15 is 0 Å². The molecule has 5 nitrogen and oxygen atoms in total. The highest BCUT2D eigenvalue weighted by atomic mass is 16.5. The van der Waals surface area contributed by atoms with E-state index in [2.05, 4.69) is 5.32 Å². The van der Waals surface area contributed by atoms with Gasteiger partial charge in [-0.05, 0) is 47.5 Å². The molecule has 1 aliphatic rings. The first-order valence-corrected chi connectivity index (χ1v) is 9.30. The van der Waals surface area contributed by atoms with Crippen LogP contribution in [-0.2, 0) is 9.59 Å². The van der Waals surface area contributed by atoms with Crippen molar-refractivity contribution in [2.45, 2.75) is 13.3 Å². The van der Waals surface area contributed by atoms with Crippen LogP contribution in [0.4, 0.5) is 11.4 Å². The van der Waals surface area contributed by atoms with E-state index in [-0.39, 0.29) is 18.2 Å². The standard InChI is InChI=1S/C23H22N2O3/c1-15-7-10-21(28-2)20(11-15)25-14-18(13-22(25)26)23(27)24-19-9-8-16-5-3-4-6-17(16)12-19/h3-12,18H,13-14H2,1-2H3,(H,24,27). The van der Waals surface area contributed by atoms with Gasteiger partial charge in [0.05, 0.1) is 18.7 Å². The summed E-state index contributed by atoms with van der Waals surface area (Å²) in [7, 11) is 1.58. The van der Waals surface area contributed by atoms with Gasteiger partial charge >= 0.3 is 0 Å². The molecule has 1 N–H and O–H groups in total. The van der Waals surface area contributed by atoms with Gasteiger partial charge in [0.25, 0.3) is 0 Å². The number of methoxy groups -OCH3 is 1. The number of fused-ring (bicyclic) bond motifs is 1. The van der Waals surface area contributed by atoms with Gasteiger partial charge in [0, 0.05) is 18.7 Å². The first-order chi connectivity index (χ1) is 13.5. The predicted octanol–water partition coefficient (Wildman–Crippen LogP) is 4.15. The first-order valence-electron chi connectivity index (χ1n) is 9.30. The molecular formula is C23H22N2O3. The van der Waals surface area contributed by atoms with Gasteiger partial charge in [-0.2, -0.15) is 0 Å². The minimum absolute atomic E-state index is 0.0671. The lowest BCUT2D eigenvalue weighted by Gasteiger charge is -2.20. The van der Waals surface area contributed by atoms with Gasteiger partial charge in [-0.1, -0.05) is 36.4 Å². The number of aryl methyl sites for hydroxylation is 1. The van der Waals surface area contributed by atoms with Gasteiger partial charge in [-0.3, -0.25) is 9.59 Å². The summed E-state index contributed by atoms with van der Waals surface area (Å²) in [5, 5.41) is 5.14. The Kier molecular flexibility index (Phi) is 4.74. The smallest absolute Gasteiger partial charge is 0.229 e. The van der Waals surface area contributed by atoms with Crippen LogP contribution in [0.1, 0.15) is 12.0 Å². The summed E-state index contributed by atoms with van der Waals surface area (Å²) >= 11 is 0. The second kappa shape index (κ2) is 7.35. The molecule has 0 spiro atoms. The molecule has 0 bridgehead atoms. The van der Waals surface area contributed by atoms with Crippen LogP contribution in [0.5, 0.6) is 5.75 Å². The van der Waals surface area contributed by atoms with Crippen molar-refractivity contribution in [3.8, 4) is 5.75 Å². The van der Waals surface area contributed by atoms with Gasteiger partial charge in [0.15, 0.2) is 0 Å². The highest BCUT2D eigenvalue weighted by molar-refractivity contribution is 6.04. The van der Waals surface area contributed by atoms with E-state index in [9.17, 15) is 9.59 Å². The second-order valence-corrected chi connectivity index (χ2v) is 7.13. The van der Waals surface area contributed by atoms with Crippen molar-refractivity contribution in [2.75, 3.05) is 23.9 Å². The highest BCUT2D eigenvalue weighted by Crippen LogP contribution is 2.34. The van der Waals surface area contributed by atoms with Crippen molar-refractivity contribution in [3.05, 3.63) is 66.2 Å². The van der Waals surface area contributed by atoms with E-state index in [0.717, 1.165) is 22.0 Å². The summed E-state index contributed by atoms with van der Waals surface area (Å²) in [6.07, 6.45) is 0.191. The fraction of sp³-hybridized carbons (Fsp3) is 0.217. The zero-order valence-corrected chi connectivity index (χ0v) is 15.9. The fourth-order valence-corrected chi connectivity index (χ4v) is 3.64. The van der Waals surface area contributed by atoms with Gasteiger partial charge in [-0.25, -0.2) is 0 Å². The Balaban J connectivity index is 1.51. The Hall–Kier alpha value is -3.34. The highest BCUT2D eigenvalue weighted by Gasteiger charge is 2.36. The lowest BCUT2D eigenvalue weighted by Crippen LogP contribution is -2.28. The Morgan fingerprint density at radius 3 is 2.64 bits per heavy atom. The number of anilines is 2. The fourth-order valence-electron chi connectivity index (χ4n) is 3.64. The largest absolute Gasteiger partial charge is 0.495 e. The van der Waals surface area contributed by atoms with Gasteiger partial charge in [0.2, 0.25) is 11.8 Å². The summed E-state index contributed by atoms with van der Waals surface area (Å²) in [6.45, 7) is 2.31. The van der Waals surface area contributed by atoms with Gasteiger partial charge in [0.1, 0.15) is 5.75 Å². The minimum Gasteiger partial charge on any atom is -0.495 e. The number of carbonyl (C=O) groups excluding carboxylic acids is 2. The molecule has 142 valence electrons. The summed E-state index contributed by atoms with van der Waals surface area (Å²) in [5.41, 5.74) is 2.49. The van der Waals surface area contributed by atoms with Crippen LogP contribution in [0.3, 0.4) is 0 Å². The van der Waals surface area contributed by atoms with E-state index in [1.165, 1.54) is 0 Å². The third-order valence-corrected chi connectivity index (χ3v) is 5.14. The summed E-state index contributed by atoms with van der Waals surface area (Å²) < 4.78 is 5.40. The van der Waals surface area contributed by atoms with Crippen LogP contribution < -0.4 is 15.0 Å². The van der Waals surface area contributed by atoms with Gasteiger partial charge < -0.3 is 15.0 Å². The SMILES string of the molecule is COc1ccc(C)cc1N1CC(C(=O)Nc2ccc3ccccc3c2)CC1=O. The Morgan fingerprint density at radius 2 is 1.86 bits per heavy atom.